The highest BCUT2D eigenvalue weighted by atomic mass is 14.6. The fourth-order valence-corrected chi connectivity index (χ4v) is 1.56. The number of hydrogen-bond acceptors (Lipinski definition) is 1. The largest absolute Gasteiger partial charge is 0.324 e. The lowest BCUT2D eigenvalue weighted by atomic mass is 9.93. The molecule has 1 rings (SSSR count). The molecule has 78 valence electrons. The van der Waals surface area contributed by atoms with E-state index in [1.165, 1.54) is 11.1 Å². The molecule has 1 aromatic rings. The Morgan fingerprint density at radius 3 is 2.14 bits per heavy atom. The van der Waals surface area contributed by atoms with Crippen molar-refractivity contribution in [2.45, 2.75) is 39.7 Å². The number of hydrogen-bond donors (Lipinski definition) is 1. The van der Waals surface area contributed by atoms with Crippen LogP contribution in [-0.4, -0.2) is 0 Å². The Morgan fingerprint density at radius 1 is 1.14 bits per heavy atom. The van der Waals surface area contributed by atoms with Crippen LogP contribution < -0.4 is 5.73 Å². The first kappa shape index (κ1) is 11.3. The van der Waals surface area contributed by atoms with Crippen molar-refractivity contribution in [3.8, 4) is 0 Å². The zero-order chi connectivity index (χ0) is 10.6. The van der Waals surface area contributed by atoms with Crippen LogP contribution in [0.25, 0.3) is 0 Å². The van der Waals surface area contributed by atoms with Crippen LogP contribution in [-0.2, 0) is 6.42 Å². The summed E-state index contributed by atoms with van der Waals surface area (Å²) in [7, 11) is 0. The summed E-state index contributed by atoms with van der Waals surface area (Å²) in [6.07, 6.45) is 2.23. The van der Waals surface area contributed by atoms with Gasteiger partial charge in [-0.15, -0.1) is 0 Å². The van der Waals surface area contributed by atoms with Crippen molar-refractivity contribution in [2.75, 3.05) is 0 Å². The molecule has 1 unspecified atom stereocenters. The van der Waals surface area contributed by atoms with Crippen LogP contribution in [0.3, 0.4) is 0 Å². The Morgan fingerprint density at radius 2 is 1.71 bits per heavy atom. The van der Waals surface area contributed by atoms with Gasteiger partial charge in [0.25, 0.3) is 0 Å². The number of benzene rings is 1. The van der Waals surface area contributed by atoms with Crippen LogP contribution in [0.5, 0.6) is 0 Å². The topological polar surface area (TPSA) is 26.0 Å². The van der Waals surface area contributed by atoms with Gasteiger partial charge < -0.3 is 5.73 Å². The monoisotopic (exact) mass is 191 g/mol. The molecule has 0 saturated carbocycles. The van der Waals surface area contributed by atoms with Gasteiger partial charge >= 0.3 is 0 Å². The quantitative estimate of drug-likeness (QED) is 0.776. The lowest BCUT2D eigenvalue weighted by Crippen LogP contribution is -2.18. The first-order chi connectivity index (χ1) is 6.69. The van der Waals surface area contributed by atoms with Gasteiger partial charge in [-0.25, -0.2) is 0 Å². The Balaban J connectivity index is 2.75. The van der Waals surface area contributed by atoms with Crippen molar-refractivity contribution in [2.24, 2.45) is 11.7 Å². The molecule has 2 atom stereocenters. The normalized spacial score (nSPS) is 15.1. The van der Waals surface area contributed by atoms with E-state index in [1.807, 2.05) is 0 Å². The van der Waals surface area contributed by atoms with Crippen molar-refractivity contribution in [1.29, 1.82) is 0 Å². The summed E-state index contributed by atoms with van der Waals surface area (Å²) in [5.41, 5.74) is 8.78. The standard InChI is InChI=1S/C13H21N/c1-4-10(3)13(14)12-8-6-11(5-2)7-9-12/h6-10,13H,4-5,14H2,1-3H3/t10?,13-/m0/s1. The molecule has 0 aliphatic heterocycles. The van der Waals surface area contributed by atoms with Gasteiger partial charge in [0.15, 0.2) is 0 Å². The molecule has 0 radical (unpaired) electrons. The van der Waals surface area contributed by atoms with E-state index in [9.17, 15) is 0 Å². The molecule has 1 heteroatoms. The van der Waals surface area contributed by atoms with Gasteiger partial charge in [0.2, 0.25) is 0 Å². The molecule has 0 amide bonds. The predicted octanol–water partition coefficient (Wildman–Crippen LogP) is 3.29. The van der Waals surface area contributed by atoms with Gasteiger partial charge in [-0.3, -0.25) is 0 Å². The minimum Gasteiger partial charge on any atom is -0.324 e. The molecule has 0 aliphatic rings. The fraction of sp³-hybridized carbons (Fsp3) is 0.538. The molecule has 0 aliphatic carbocycles. The van der Waals surface area contributed by atoms with E-state index in [1.54, 1.807) is 0 Å². The second-order valence-corrected chi connectivity index (χ2v) is 4.01. The van der Waals surface area contributed by atoms with Crippen LogP contribution in [0.2, 0.25) is 0 Å². The van der Waals surface area contributed by atoms with Crippen LogP contribution in [0.4, 0.5) is 0 Å². The Kier molecular flexibility index (Phi) is 4.15. The summed E-state index contributed by atoms with van der Waals surface area (Å²) in [4.78, 5) is 0. The maximum atomic E-state index is 6.14. The third-order valence-corrected chi connectivity index (χ3v) is 3.03. The highest BCUT2D eigenvalue weighted by molar-refractivity contribution is 5.25. The van der Waals surface area contributed by atoms with Crippen molar-refractivity contribution >= 4 is 0 Å². The van der Waals surface area contributed by atoms with Gasteiger partial charge in [-0.2, -0.15) is 0 Å². The molecule has 2 N–H and O–H groups in total. The van der Waals surface area contributed by atoms with Crippen molar-refractivity contribution in [1.82, 2.24) is 0 Å². The van der Waals surface area contributed by atoms with Gasteiger partial charge in [0.1, 0.15) is 0 Å². The van der Waals surface area contributed by atoms with Crippen LogP contribution in [0, 0.1) is 5.92 Å². The summed E-state index contributed by atoms with van der Waals surface area (Å²) in [5.74, 6) is 0.558. The van der Waals surface area contributed by atoms with E-state index in [4.69, 9.17) is 5.73 Å². The third-order valence-electron chi connectivity index (χ3n) is 3.03. The van der Waals surface area contributed by atoms with Crippen molar-refractivity contribution in [3.05, 3.63) is 35.4 Å². The summed E-state index contributed by atoms with van der Waals surface area (Å²) >= 11 is 0. The molecule has 1 aromatic carbocycles. The molecule has 0 aromatic heterocycles. The number of aryl methyl sites for hydroxylation is 1. The highest BCUT2D eigenvalue weighted by Gasteiger charge is 2.12. The molecule has 0 saturated heterocycles. The third kappa shape index (κ3) is 2.58. The number of nitrogens with two attached hydrogens (primary N) is 1. The summed E-state index contributed by atoms with van der Waals surface area (Å²) in [6.45, 7) is 6.56. The first-order valence-electron chi connectivity index (χ1n) is 5.53. The summed E-state index contributed by atoms with van der Waals surface area (Å²) in [5, 5.41) is 0. The second kappa shape index (κ2) is 5.16. The lowest BCUT2D eigenvalue weighted by Gasteiger charge is -2.18. The zero-order valence-corrected chi connectivity index (χ0v) is 9.46. The van der Waals surface area contributed by atoms with Crippen molar-refractivity contribution < 1.29 is 0 Å². The van der Waals surface area contributed by atoms with E-state index < -0.39 is 0 Å². The molecule has 0 heterocycles. The van der Waals surface area contributed by atoms with Gasteiger partial charge in [-0.1, -0.05) is 51.5 Å². The summed E-state index contributed by atoms with van der Waals surface area (Å²) in [6, 6.07) is 8.87. The Hall–Kier alpha value is -0.820. The zero-order valence-electron chi connectivity index (χ0n) is 9.46. The Bertz CT molecular complexity index is 263. The van der Waals surface area contributed by atoms with E-state index in [0.717, 1.165) is 12.8 Å². The average molecular weight is 191 g/mol. The van der Waals surface area contributed by atoms with Gasteiger partial charge in [0.05, 0.1) is 0 Å². The highest BCUT2D eigenvalue weighted by Crippen LogP contribution is 2.21. The van der Waals surface area contributed by atoms with E-state index in [0.29, 0.717) is 5.92 Å². The molecular formula is C13H21N. The average Bonchev–Trinajstić information content (AvgIpc) is 2.27. The van der Waals surface area contributed by atoms with Crippen LogP contribution >= 0.6 is 0 Å². The maximum absolute atomic E-state index is 6.14. The van der Waals surface area contributed by atoms with E-state index in [-0.39, 0.29) is 6.04 Å². The molecule has 0 spiro atoms. The maximum Gasteiger partial charge on any atom is 0.0320 e. The predicted molar refractivity (Wildman–Crippen MR) is 62.2 cm³/mol. The molecule has 0 fully saturated rings. The minimum absolute atomic E-state index is 0.186. The van der Waals surface area contributed by atoms with E-state index in [2.05, 4.69) is 45.0 Å². The fourth-order valence-electron chi connectivity index (χ4n) is 1.56. The molecule has 0 bridgehead atoms. The Labute approximate surface area is 87.3 Å². The molecule has 14 heavy (non-hydrogen) atoms. The number of rotatable bonds is 4. The SMILES string of the molecule is CCc1ccc([C@@H](N)C(C)CC)cc1. The lowest BCUT2D eigenvalue weighted by molar-refractivity contribution is 0.457. The molecular weight excluding hydrogens is 170 g/mol. The smallest absolute Gasteiger partial charge is 0.0320 e. The minimum atomic E-state index is 0.186. The van der Waals surface area contributed by atoms with Gasteiger partial charge in [0, 0.05) is 6.04 Å². The van der Waals surface area contributed by atoms with Gasteiger partial charge in [-0.05, 0) is 23.5 Å². The van der Waals surface area contributed by atoms with Crippen LogP contribution in [0.15, 0.2) is 24.3 Å². The van der Waals surface area contributed by atoms with Crippen LogP contribution in [0.1, 0.15) is 44.4 Å². The second-order valence-electron chi connectivity index (χ2n) is 4.01. The summed E-state index contributed by atoms with van der Waals surface area (Å²) < 4.78 is 0. The van der Waals surface area contributed by atoms with E-state index >= 15 is 0 Å². The van der Waals surface area contributed by atoms with Crippen molar-refractivity contribution in [3.63, 3.8) is 0 Å². The molecule has 1 nitrogen and oxygen atoms in total. The first-order valence-corrected chi connectivity index (χ1v) is 5.53.